The van der Waals surface area contributed by atoms with Gasteiger partial charge in [0, 0.05) is 26.2 Å². The van der Waals surface area contributed by atoms with Gasteiger partial charge in [-0.05, 0) is 42.5 Å². The van der Waals surface area contributed by atoms with Gasteiger partial charge in [-0.2, -0.15) is 17.0 Å². The van der Waals surface area contributed by atoms with Gasteiger partial charge in [-0.25, -0.2) is 0 Å². The third-order valence-electron chi connectivity index (χ3n) is 4.65. The van der Waals surface area contributed by atoms with Crippen molar-refractivity contribution in [1.29, 1.82) is 0 Å². The van der Waals surface area contributed by atoms with E-state index < -0.39 is 10.2 Å². The molecule has 1 aromatic rings. The molecule has 0 saturated carbocycles. The molecule has 0 aromatic heterocycles. The van der Waals surface area contributed by atoms with Crippen molar-refractivity contribution in [3.05, 3.63) is 23.3 Å². The predicted molar refractivity (Wildman–Crippen MR) is 88.0 cm³/mol. The zero-order chi connectivity index (χ0) is 16.4. The molecule has 2 aliphatic rings. The standard InChI is InChI=1S/C16H24N2O4S/c1-21-15-10-13-6-9-18(12-14(13)11-16(15)22-2)23(19,20)17-7-4-3-5-8-17/h10-11H,3-9,12H2,1-2H3. The number of methoxy groups -OCH3 is 2. The molecule has 0 amide bonds. The molecular weight excluding hydrogens is 316 g/mol. The monoisotopic (exact) mass is 340 g/mol. The summed E-state index contributed by atoms with van der Waals surface area (Å²) in [7, 11) is -0.165. The Morgan fingerprint density at radius 3 is 2.09 bits per heavy atom. The highest BCUT2D eigenvalue weighted by molar-refractivity contribution is 7.86. The fourth-order valence-electron chi connectivity index (χ4n) is 3.31. The fraction of sp³-hybridized carbons (Fsp3) is 0.625. The van der Waals surface area contributed by atoms with Gasteiger partial charge in [0.25, 0.3) is 10.2 Å². The van der Waals surface area contributed by atoms with Gasteiger partial charge >= 0.3 is 0 Å². The van der Waals surface area contributed by atoms with E-state index in [4.69, 9.17) is 9.47 Å². The quantitative estimate of drug-likeness (QED) is 0.838. The minimum atomic E-state index is -3.37. The first-order valence-electron chi connectivity index (χ1n) is 8.05. The van der Waals surface area contributed by atoms with Crippen molar-refractivity contribution >= 4 is 10.2 Å². The molecule has 1 fully saturated rings. The molecule has 1 aromatic carbocycles. The lowest BCUT2D eigenvalue weighted by Gasteiger charge is -2.34. The van der Waals surface area contributed by atoms with Crippen LogP contribution in [0.1, 0.15) is 30.4 Å². The Hall–Kier alpha value is -1.31. The zero-order valence-corrected chi connectivity index (χ0v) is 14.6. The van der Waals surface area contributed by atoms with Crippen molar-refractivity contribution in [3.8, 4) is 11.5 Å². The second kappa shape index (κ2) is 6.67. The van der Waals surface area contributed by atoms with Gasteiger partial charge in [0.1, 0.15) is 0 Å². The van der Waals surface area contributed by atoms with E-state index in [-0.39, 0.29) is 0 Å². The van der Waals surface area contributed by atoms with Crippen molar-refractivity contribution in [3.63, 3.8) is 0 Å². The number of nitrogens with zero attached hydrogens (tertiary/aromatic N) is 2. The molecule has 0 unspecified atom stereocenters. The zero-order valence-electron chi connectivity index (χ0n) is 13.7. The van der Waals surface area contributed by atoms with Gasteiger partial charge in [-0.3, -0.25) is 0 Å². The molecule has 0 aliphatic carbocycles. The van der Waals surface area contributed by atoms with Crippen LogP contribution in [0, 0.1) is 0 Å². The Bertz CT molecular complexity index is 669. The lowest BCUT2D eigenvalue weighted by Crippen LogP contribution is -2.47. The van der Waals surface area contributed by atoms with E-state index in [0.29, 0.717) is 44.1 Å². The Labute approximate surface area is 138 Å². The fourth-order valence-corrected chi connectivity index (χ4v) is 4.98. The maximum atomic E-state index is 12.8. The molecule has 0 bridgehead atoms. The van der Waals surface area contributed by atoms with Crippen molar-refractivity contribution in [1.82, 2.24) is 8.61 Å². The first-order valence-corrected chi connectivity index (χ1v) is 9.45. The number of hydrogen-bond donors (Lipinski definition) is 0. The molecule has 1 saturated heterocycles. The topological polar surface area (TPSA) is 59.1 Å². The number of fused-ring (bicyclic) bond motifs is 1. The molecule has 2 aliphatic heterocycles. The number of piperidine rings is 1. The van der Waals surface area contributed by atoms with Gasteiger partial charge in [-0.15, -0.1) is 0 Å². The van der Waals surface area contributed by atoms with Crippen molar-refractivity contribution in [2.75, 3.05) is 33.9 Å². The molecule has 0 spiro atoms. The van der Waals surface area contributed by atoms with Crippen LogP contribution in [0.5, 0.6) is 11.5 Å². The summed E-state index contributed by atoms with van der Waals surface area (Å²) in [5.41, 5.74) is 2.13. The summed E-state index contributed by atoms with van der Waals surface area (Å²) in [5, 5.41) is 0. The number of benzene rings is 1. The molecule has 0 radical (unpaired) electrons. The number of rotatable bonds is 4. The molecule has 2 heterocycles. The van der Waals surface area contributed by atoms with Crippen LogP contribution in [0.4, 0.5) is 0 Å². The minimum Gasteiger partial charge on any atom is -0.493 e. The van der Waals surface area contributed by atoms with Crippen LogP contribution in [0.3, 0.4) is 0 Å². The molecular formula is C16H24N2O4S. The summed E-state index contributed by atoms with van der Waals surface area (Å²) < 4.78 is 39.5. The Morgan fingerprint density at radius 2 is 1.48 bits per heavy atom. The van der Waals surface area contributed by atoms with Crippen molar-refractivity contribution < 1.29 is 17.9 Å². The van der Waals surface area contributed by atoms with Crippen LogP contribution in [-0.2, 0) is 23.2 Å². The van der Waals surface area contributed by atoms with E-state index in [0.717, 1.165) is 30.4 Å². The third-order valence-corrected chi connectivity index (χ3v) is 6.63. The summed E-state index contributed by atoms with van der Waals surface area (Å²) >= 11 is 0. The van der Waals surface area contributed by atoms with E-state index >= 15 is 0 Å². The SMILES string of the molecule is COc1cc2c(cc1OC)CN(S(=O)(=O)N1CCCCC1)CC2. The van der Waals surface area contributed by atoms with E-state index in [2.05, 4.69) is 0 Å². The number of hydrogen-bond acceptors (Lipinski definition) is 4. The Kier molecular flexibility index (Phi) is 4.79. The van der Waals surface area contributed by atoms with Gasteiger partial charge in [0.15, 0.2) is 11.5 Å². The summed E-state index contributed by atoms with van der Waals surface area (Å²) in [6.07, 6.45) is 3.72. The maximum Gasteiger partial charge on any atom is 0.282 e. The smallest absolute Gasteiger partial charge is 0.282 e. The normalized spacial score (nSPS) is 20.1. The third kappa shape index (κ3) is 3.18. The summed E-state index contributed by atoms with van der Waals surface area (Å²) in [6.45, 7) is 2.19. The van der Waals surface area contributed by atoms with Gasteiger partial charge in [0.05, 0.1) is 14.2 Å². The molecule has 6 nitrogen and oxygen atoms in total. The number of ether oxygens (including phenoxy) is 2. The maximum absolute atomic E-state index is 12.8. The van der Waals surface area contributed by atoms with Crippen LogP contribution in [0.2, 0.25) is 0 Å². The first-order chi connectivity index (χ1) is 11.1. The molecule has 128 valence electrons. The van der Waals surface area contributed by atoms with Crippen LogP contribution < -0.4 is 9.47 Å². The Balaban J connectivity index is 1.84. The average Bonchev–Trinajstić information content (AvgIpc) is 2.60. The molecule has 3 rings (SSSR count). The van der Waals surface area contributed by atoms with Crippen LogP contribution in [0.25, 0.3) is 0 Å². The first kappa shape index (κ1) is 16.5. The van der Waals surface area contributed by atoms with Crippen LogP contribution in [-0.4, -0.2) is 50.9 Å². The summed E-state index contributed by atoms with van der Waals surface area (Å²) in [5.74, 6) is 1.34. The largest absolute Gasteiger partial charge is 0.493 e. The van der Waals surface area contributed by atoms with Crippen molar-refractivity contribution in [2.24, 2.45) is 0 Å². The summed E-state index contributed by atoms with van der Waals surface area (Å²) in [6, 6.07) is 3.85. The average molecular weight is 340 g/mol. The lowest BCUT2D eigenvalue weighted by atomic mass is 10.0. The van der Waals surface area contributed by atoms with Gasteiger partial charge in [-0.1, -0.05) is 6.42 Å². The molecule has 23 heavy (non-hydrogen) atoms. The summed E-state index contributed by atoms with van der Waals surface area (Å²) in [4.78, 5) is 0. The van der Waals surface area contributed by atoms with Crippen LogP contribution in [0.15, 0.2) is 12.1 Å². The van der Waals surface area contributed by atoms with E-state index in [9.17, 15) is 8.42 Å². The predicted octanol–water partition coefficient (Wildman–Crippen LogP) is 1.79. The van der Waals surface area contributed by atoms with Crippen molar-refractivity contribution in [2.45, 2.75) is 32.2 Å². The van der Waals surface area contributed by atoms with E-state index in [1.807, 2.05) is 12.1 Å². The molecule has 0 N–H and O–H groups in total. The van der Waals surface area contributed by atoms with E-state index in [1.54, 1.807) is 22.8 Å². The second-order valence-corrected chi connectivity index (χ2v) is 7.96. The van der Waals surface area contributed by atoms with Gasteiger partial charge < -0.3 is 9.47 Å². The molecule has 7 heteroatoms. The van der Waals surface area contributed by atoms with Gasteiger partial charge in [0.2, 0.25) is 0 Å². The highest BCUT2D eigenvalue weighted by Gasteiger charge is 2.33. The second-order valence-electron chi connectivity index (χ2n) is 6.03. The highest BCUT2D eigenvalue weighted by atomic mass is 32.2. The lowest BCUT2D eigenvalue weighted by molar-refractivity contribution is 0.294. The molecule has 0 atom stereocenters. The van der Waals surface area contributed by atoms with Crippen LogP contribution >= 0.6 is 0 Å². The highest BCUT2D eigenvalue weighted by Crippen LogP contribution is 2.34. The minimum absolute atomic E-state index is 0.397. The Morgan fingerprint density at radius 1 is 0.870 bits per heavy atom. The van der Waals surface area contributed by atoms with E-state index in [1.165, 1.54) is 0 Å².